The van der Waals surface area contributed by atoms with Gasteiger partial charge >= 0.3 is 0 Å². The first kappa shape index (κ1) is 12.9. The van der Waals surface area contributed by atoms with Crippen molar-refractivity contribution >= 4 is 0 Å². The van der Waals surface area contributed by atoms with Gasteiger partial charge in [-0.2, -0.15) is 10.5 Å². The van der Waals surface area contributed by atoms with Crippen molar-refractivity contribution in [1.82, 2.24) is 0 Å². The molecule has 2 aliphatic carbocycles. The van der Waals surface area contributed by atoms with Gasteiger partial charge in [0, 0.05) is 11.8 Å². The number of nitriles is 2. The van der Waals surface area contributed by atoms with Crippen LogP contribution in [0.25, 0.3) is 0 Å². The molecule has 0 radical (unpaired) electrons. The quantitative estimate of drug-likeness (QED) is 0.735. The fourth-order valence-electron chi connectivity index (χ4n) is 3.75. The second-order valence-electron chi connectivity index (χ2n) is 6.02. The first-order chi connectivity index (χ1) is 10.8. The molecule has 2 nitrogen and oxygen atoms in total. The molecule has 0 N–H and O–H groups in total. The van der Waals surface area contributed by atoms with E-state index in [1.807, 2.05) is 18.2 Å². The molecule has 22 heavy (non-hydrogen) atoms. The van der Waals surface area contributed by atoms with E-state index in [4.69, 9.17) is 0 Å². The van der Waals surface area contributed by atoms with Crippen LogP contribution in [-0.4, -0.2) is 0 Å². The Hall–Kier alpha value is -2.84. The summed E-state index contributed by atoms with van der Waals surface area (Å²) in [6.07, 6.45) is 5.57. The van der Waals surface area contributed by atoms with E-state index in [1.165, 1.54) is 16.7 Å². The predicted molar refractivity (Wildman–Crippen MR) is 84.1 cm³/mol. The number of fused-ring (bicyclic) bond motifs is 3. The minimum atomic E-state index is 0.308. The zero-order valence-electron chi connectivity index (χ0n) is 12.0. The summed E-state index contributed by atoms with van der Waals surface area (Å²) >= 11 is 0. The maximum Gasteiger partial charge on any atom is 0.101 e. The molecule has 0 saturated heterocycles. The monoisotopic (exact) mass is 282 g/mol. The Morgan fingerprint density at radius 2 is 1.55 bits per heavy atom. The molecule has 3 unspecified atom stereocenters. The number of benzene rings is 2. The van der Waals surface area contributed by atoms with E-state index in [2.05, 4.69) is 48.6 Å². The van der Waals surface area contributed by atoms with E-state index in [-0.39, 0.29) is 0 Å². The van der Waals surface area contributed by atoms with Gasteiger partial charge in [0.1, 0.15) is 12.1 Å². The molecule has 0 heterocycles. The SMILES string of the molecule is N#Cc1cc2c(cc1C#N)C1C=CC1CC2c1ccccc1. The Bertz CT molecular complexity index is 850. The van der Waals surface area contributed by atoms with Crippen molar-refractivity contribution in [3.05, 3.63) is 82.4 Å². The van der Waals surface area contributed by atoms with Gasteiger partial charge in [-0.1, -0.05) is 42.5 Å². The van der Waals surface area contributed by atoms with Crippen LogP contribution in [-0.2, 0) is 0 Å². The molecule has 2 aromatic carbocycles. The number of hydrogen-bond acceptors (Lipinski definition) is 2. The zero-order chi connectivity index (χ0) is 15.1. The van der Waals surface area contributed by atoms with Crippen molar-refractivity contribution in [2.45, 2.75) is 18.3 Å². The van der Waals surface area contributed by atoms with Crippen LogP contribution in [0.4, 0.5) is 0 Å². The van der Waals surface area contributed by atoms with Gasteiger partial charge in [0.2, 0.25) is 0 Å². The molecule has 0 spiro atoms. The zero-order valence-corrected chi connectivity index (χ0v) is 12.0. The minimum absolute atomic E-state index is 0.308. The molecule has 0 fully saturated rings. The van der Waals surface area contributed by atoms with Gasteiger partial charge in [-0.3, -0.25) is 0 Å². The standard InChI is InChI=1S/C20H14N2/c21-11-15-9-19-17-7-6-14(17)8-18(13-4-2-1-3-5-13)20(19)10-16(15)12-22/h1-7,9-10,14,17-18H,8H2. The number of rotatable bonds is 1. The summed E-state index contributed by atoms with van der Waals surface area (Å²) in [6.45, 7) is 0. The molecule has 4 rings (SSSR count). The first-order valence-electron chi connectivity index (χ1n) is 7.53. The Kier molecular flexibility index (Phi) is 2.84. The van der Waals surface area contributed by atoms with Gasteiger partial charge in [0.25, 0.3) is 0 Å². The molecule has 0 aliphatic heterocycles. The van der Waals surface area contributed by atoms with Crippen LogP contribution in [0.1, 0.15) is 46.1 Å². The molecule has 0 saturated carbocycles. The van der Waals surface area contributed by atoms with E-state index >= 15 is 0 Å². The largest absolute Gasteiger partial charge is 0.192 e. The Morgan fingerprint density at radius 1 is 0.864 bits per heavy atom. The second kappa shape index (κ2) is 4.86. The lowest BCUT2D eigenvalue weighted by atomic mass is 9.63. The van der Waals surface area contributed by atoms with Gasteiger partial charge < -0.3 is 0 Å². The molecule has 0 bridgehead atoms. The molecule has 0 amide bonds. The van der Waals surface area contributed by atoms with Crippen molar-refractivity contribution in [2.24, 2.45) is 5.92 Å². The average molecular weight is 282 g/mol. The predicted octanol–water partition coefficient (Wildman–Crippen LogP) is 4.24. The summed E-state index contributed by atoms with van der Waals surface area (Å²) < 4.78 is 0. The maximum atomic E-state index is 9.32. The number of allylic oxidation sites excluding steroid dienone is 2. The molecular weight excluding hydrogens is 268 g/mol. The van der Waals surface area contributed by atoms with Gasteiger partial charge in [-0.25, -0.2) is 0 Å². The van der Waals surface area contributed by atoms with Crippen LogP contribution in [0.15, 0.2) is 54.6 Å². The third-order valence-electron chi connectivity index (χ3n) is 4.94. The fraction of sp³-hybridized carbons (Fsp3) is 0.200. The van der Waals surface area contributed by atoms with Crippen molar-refractivity contribution in [2.75, 3.05) is 0 Å². The lowest BCUT2D eigenvalue weighted by molar-refractivity contribution is 0.430. The van der Waals surface area contributed by atoms with Crippen LogP contribution in [0.5, 0.6) is 0 Å². The van der Waals surface area contributed by atoms with E-state index in [0.717, 1.165) is 6.42 Å². The van der Waals surface area contributed by atoms with Gasteiger partial charge in [-0.15, -0.1) is 0 Å². The summed E-state index contributed by atoms with van der Waals surface area (Å²) in [4.78, 5) is 0. The average Bonchev–Trinajstić information content (AvgIpc) is 2.54. The molecular formula is C20H14N2. The van der Waals surface area contributed by atoms with Crippen molar-refractivity contribution < 1.29 is 0 Å². The maximum absolute atomic E-state index is 9.32. The van der Waals surface area contributed by atoms with Crippen molar-refractivity contribution in [3.63, 3.8) is 0 Å². The highest BCUT2D eigenvalue weighted by Gasteiger charge is 2.37. The molecule has 2 aromatic rings. The van der Waals surface area contributed by atoms with Crippen molar-refractivity contribution in [3.8, 4) is 12.1 Å². The summed E-state index contributed by atoms with van der Waals surface area (Å²) in [5.74, 6) is 1.27. The van der Waals surface area contributed by atoms with Gasteiger partial charge in [-0.05, 0) is 41.2 Å². The highest BCUT2D eigenvalue weighted by atomic mass is 14.4. The fourth-order valence-corrected chi connectivity index (χ4v) is 3.75. The summed E-state index contributed by atoms with van der Waals surface area (Å²) in [5.41, 5.74) is 4.71. The first-order valence-corrected chi connectivity index (χ1v) is 7.53. The van der Waals surface area contributed by atoms with Crippen LogP contribution >= 0.6 is 0 Å². The smallest absolute Gasteiger partial charge is 0.101 e. The minimum Gasteiger partial charge on any atom is -0.192 e. The van der Waals surface area contributed by atoms with Crippen LogP contribution in [0.2, 0.25) is 0 Å². The molecule has 2 aliphatic rings. The summed E-state index contributed by atoms with van der Waals surface area (Å²) in [7, 11) is 0. The highest BCUT2D eigenvalue weighted by molar-refractivity contribution is 5.57. The summed E-state index contributed by atoms with van der Waals surface area (Å²) in [5, 5.41) is 18.6. The lowest BCUT2D eigenvalue weighted by Gasteiger charge is -2.40. The molecule has 104 valence electrons. The van der Waals surface area contributed by atoms with E-state index in [0.29, 0.717) is 28.9 Å². The molecule has 3 atom stereocenters. The van der Waals surface area contributed by atoms with Crippen LogP contribution < -0.4 is 0 Å². The second-order valence-corrected chi connectivity index (χ2v) is 6.02. The third kappa shape index (κ3) is 1.78. The van der Waals surface area contributed by atoms with Gasteiger partial charge in [0.15, 0.2) is 0 Å². The van der Waals surface area contributed by atoms with E-state index < -0.39 is 0 Å². The molecule has 2 heteroatoms. The third-order valence-corrected chi connectivity index (χ3v) is 4.94. The normalized spacial score (nSPS) is 24.4. The Labute approximate surface area is 129 Å². The molecule has 0 aromatic heterocycles. The number of nitrogens with zero attached hydrogens (tertiary/aromatic N) is 2. The van der Waals surface area contributed by atoms with E-state index in [1.54, 1.807) is 0 Å². The van der Waals surface area contributed by atoms with Crippen LogP contribution in [0, 0.1) is 28.6 Å². The van der Waals surface area contributed by atoms with E-state index in [9.17, 15) is 10.5 Å². The van der Waals surface area contributed by atoms with Crippen LogP contribution in [0.3, 0.4) is 0 Å². The van der Waals surface area contributed by atoms with Gasteiger partial charge in [0.05, 0.1) is 11.1 Å². The Morgan fingerprint density at radius 3 is 2.14 bits per heavy atom. The Balaban J connectivity index is 1.92. The number of hydrogen-bond donors (Lipinski definition) is 0. The van der Waals surface area contributed by atoms with Crippen molar-refractivity contribution in [1.29, 1.82) is 10.5 Å². The lowest BCUT2D eigenvalue weighted by Crippen LogP contribution is -2.27. The highest BCUT2D eigenvalue weighted by Crippen LogP contribution is 2.51. The summed E-state index contributed by atoms with van der Waals surface area (Å²) in [6, 6.07) is 18.7. The topological polar surface area (TPSA) is 47.6 Å².